The largest absolute Gasteiger partial charge is 0.346 e. The van der Waals surface area contributed by atoms with Gasteiger partial charge in [-0.1, -0.05) is 39.5 Å². The van der Waals surface area contributed by atoms with Crippen molar-refractivity contribution in [3.05, 3.63) is 64.9 Å². The van der Waals surface area contributed by atoms with Crippen LogP contribution in [0.5, 0.6) is 0 Å². The van der Waals surface area contributed by atoms with Gasteiger partial charge in [-0.3, -0.25) is 9.48 Å². The standard InChI is InChI=1S/C24H27N7O.CH4/c1-15(2)22-24(32)29-21-16(3)27-20(28-23(21)30(22)4)10-9-17-12-26-31(13-17)14-19-8-6-5-7-18(19)11-25;/h5-8,12-13,15,22H,9-10,14H2,1-4H3,(H,29,32);1H4/t22-;/m0./s1. The summed E-state index contributed by atoms with van der Waals surface area (Å²) >= 11 is 0. The molecule has 0 spiro atoms. The predicted molar refractivity (Wildman–Crippen MR) is 129 cm³/mol. The van der Waals surface area contributed by atoms with Crippen LogP contribution in [0.3, 0.4) is 0 Å². The fraction of sp³-hybridized carbons (Fsp3) is 0.400. The maximum atomic E-state index is 12.5. The third kappa shape index (κ3) is 4.87. The number of rotatable bonds is 6. The molecule has 0 saturated carbocycles. The van der Waals surface area contributed by atoms with Crippen molar-refractivity contribution in [3.63, 3.8) is 0 Å². The van der Waals surface area contributed by atoms with Crippen LogP contribution in [-0.4, -0.2) is 38.7 Å². The molecular formula is C25H31N7O. The zero-order chi connectivity index (χ0) is 22.8. The molecule has 0 saturated heterocycles. The third-order valence-electron chi connectivity index (χ3n) is 5.81. The molecule has 33 heavy (non-hydrogen) atoms. The van der Waals surface area contributed by atoms with Gasteiger partial charge in [-0.2, -0.15) is 10.4 Å². The molecule has 1 aliphatic heterocycles. The van der Waals surface area contributed by atoms with E-state index >= 15 is 0 Å². The molecule has 0 aliphatic carbocycles. The number of aryl methyl sites for hydroxylation is 3. The van der Waals surface area contributed by atoms with Crippen molar-refractivity contribution in [2.75, 3.05) is 17.3 Å². The number of nitrogens with one attached hydrogen (secondary N) is 1. The van der Waals surface area contributed by atoms with Crippen LogP contribution in [0.1, 0.15) is 49.5 Å². The van der Waals surface area contributed by atoms with Crippen LogP contribution >= 0.6 is 0 Å². The molecule has 1 N–H and O–H groups in total. The molecule has 0 bridgehead atoms. The van der Waals surface area contributed by atoms with Crippen molar-refractivity contribution in [2.24, 2.45) is 5.92 Å². The number of nitriles is 1. The quantitative estimate of drug-likeness (QED) is 0.620. The third-order valence-corrected chi connectivity index (χ3v) is 5.81. The highest BCUT2D eigenvalue weighted by molar-refractivity contribution is 6.03. The second-order valence-corrected chi connectivity index (χ2v) is 8.53. The fourth-order valence-corrected chi connectivity index (χ4v) is 4.20. The summed E-state index contributed by atoms with van der Waals surface area (Å²) in [5.41, 5.74) is 4.17. The smallest absolute Gasteiger partial charge is 0.247 e. The fourth-order valence-electron chi connectivity index (χ4n) is 4.20. The van der Waals surface area contributed by atoms with Gasteiger partial charge in [-0.25, -0.2) is 9.97 Å². The maximum absolute atomic E-state index is 12.5. The average Bonchev–Trinajstić information content (AvgIpc) is 3.20. The van der Waals surface area contributed by atoms with Gasteiger partial charge in [0.25, 0.3) is 0 Å². The number of carbonyl (C=O) groups is 1. The topological polar surface area (TPSA) is 99.7 Å². The molecule has 0 unspecified atom stereocenters. The number of hydrogen-bond donors (Lipinski definition) is 1. The number of hydrogen-bond acceptors (Lipinski definition) is 6. The zero-order valence-electron chi connectivity index (χ0n) is 18.8. The summed E-state index contributed by atoms with van der Waals surface area (Å²) in [6.45, 7) is 6.53. The first-order valence-electron chi connectivity index (χ1n) is 10.8. The second-order valence-electron chi connectivity index (χ2n) is 8.53. The van der Waals surface area contributed by atoms with E-state index in [-0.39, 0.29) is 25.3 Å². The number of likely N-dealkylation sites (N-methyl/N-ethyl adjacent to an activating group) is 1. The van der Waals surface area contributed by atoms with Gasteiger partial charge in [0.1, 0.15) is 17.6 Å². The zero-order valence-corrected chi connectivity index (χ0v) is 18.8. The first-order valence-corrected chi connectivity index (χ1v) is 10.8. The minimum atomic E-state index is -0.251. The van der Waals surface area contributed by atoms with E-state index in [9.17, 15) is 10.1 Å². The first kappa shape index (κ1) is 23.9. The molecule has 1 atom stereocenters. The summed E-state index contributed by atoms with van der Waals surface area (Å²) in [5, 5.41) is 16.7. The summed E-state index contributed by atoms with van der Waals surface area (Å²) in [5.74, 6) is 1.67. The Morgan fingerprint density at radius 1 is 1.21 bits per heavy atom. The van der Waals surface area contributed by atoms with Crippen LogP contribution in [0.15, 0.2) is 36.7 Å². The minimum Gasteiger partial charge on any atom is -0.346 e. The van der Waals surface area contributed by atoms with Gasteiger partial charge in [0.2, 0.25) is 5.91 Å². The van der Waals surface area contributed by atoms with Gasteiger partial charge in [0.15, 0.2) is 5.82 Å². The van der Waals surface area contributed by atoms with E-state index in [1.807, 2.05) is 74.1 Å². The Morgan fingerprint density at radius 3 is 2.70 bits per heavy atom. The van der Waals surface area contributed by atoms with E-state index < -0.39 is 0 Å². The molecule has 0 radical (unpaired) electrons. The maximum Gasteiger partial charge on any atom is 0.247 e. The van der Waals surface area contributed by atoms with Gasteiger partial charge in [0, 0.05) is 19.7 Å². The lowest BCUT2D eigenvalue weighted by Crippen LogP contribution is -2.49. The number of amides is 1. The van der Waals surface area contributed by atoms with Crippen LogP contribution in [0.2, 0.25) is 0 Å². The van der Waals surface area contributed by atoms with Gasteiger partial charge < -0.3 is 10.2 Å². The van der Waals surface area contributed by atoms with E-state index in [1.165, 1.54) is 0 Å². The van der Waals surface area contributed by atoms with Gasteiger partial charge in [0.05, 0.1) is 30.1 Å². The summed E-state index contributed by atoms with van der Waals surface area (Å²) in [4.78, 5) is 23.8. The van der Waals surface area contributed by atoms with Crippen molar-refractivity contribution < 1.29 is 4.79 Å². The van der Waals surface area contributed by atoms with E-state index in [0.29, 0.717) is 24.2 Å². The molecule has 2 aromatic heterocycles. The molecule has 3 heterocycles. The highest BCUT2D eigenvalue weighted by Crippen LogP contribution is 2.33. The minimum absolute atomic E-state index is 0. The van der Waals surface area contributed by atoms with E-state index in [1.54, 1.807) is 0 Å². The number of fused-ring (bicyclic) bond motifs is 1. The predicted octanol–water partition coefficient (Wildman–Crippen LogP) is 3.74. The van der Waals surface area contributed by atoms with Crippen molar-refractivity contribution in [1.29, 1.82) is 5.26 Å². The molecule has 1 aliphatic rings. The Balaban J connectivity index is 0.00000306. The van der Waals surface area contributed by atoms with Crippen LogP contribution in [0.4, 0.5) is 11.5 Å². The van der Waals surface area contributed by atoms with Crippen LogP contribution in [-0.2, 0) is 24.2 Å². The lowest BCUT2D eigenvalue weighted by atomic mass is 9.99. The van der Waals surface area contributed by atoms with Crippen molar-refractivity contribution in [1.82, 2.24) is 19.7 Å². The van der Waals surface area contributed by atoms with Gasteiger partial charge in [-0.15, -0.1) is 0 Å². The summed E-state index contributed by atoms with van der Waals surface area (Å²) in [6.07, 6.45) is 5.27. The normalized spacial score (nSPS) is 15.0. The first-order chi connectivity index (χ1) is 15.4. The van der Waals surface area contributed by atoms with E-state index in [4.69, 9.17) is 4.98 Å². The summed E-state index contributed by atoms with van der Waals surface area (Å²) in [6, 6.07) is 9.54. The monoisotopic (exact) mass is 445 g/mol. The summed E-state index contributed by atoms with van der Waals surface area (Å²) < 4.78 is 1.85. The van der Waals surface area contributed by atoms with Gasteiger partial charge >= 0.3 is 0 Å². The number of anilines is 2. The van der Waals surface area contributed by atoms with E-state index in [2.05, 4.69) is 21.5 Å². The average molecular weight is 446 g/mol. The number of nitrogens with zero attached hydrogens (tertiary/aromatic N) is 6. The molecule has 1 amide bonds. The molecular weight excluding hydrogens is 414 g/mol. The lowest BCUT2D eigenvalue weighted by Gasteiger charge is -2.36. The van der Waals surface area contributed by atoms with E-state index in [0.717, 1.165) is 34.9 Å². The molecule has 8 nitrogen and oxygen atoms in total. The van der Waals surface area contributed by atoms with Crippen molar-refractivity contribution in [2.45, 2.75) is 53.6 Å². The number of carbonyl (C=O) groups excluding carboxylic acids is 1. The Morgan fingerprint density at radius 2 is 1.97 bits per heavy atom. The molecule has 1 aromatic carbocycles. The Hall–Kier alpha value is -3.73. The van der Waals surface area contributed by atoms with Crippen LogP contribution in [0.25, 0.3) is 0 Å². The Labute approximate surface area is 195 Å². The molecule has 0 fully saturated rings. The van der Waals surface area contributed by atoms with Crippen LogP contribution < -0.4 is 10.2 Å². The molecule has 8 heteroatoms. The number of aromatic nitrogens is 4. The van der Waals surface area contributed by atoms with Crippen molar-refractivity contribution >= 4 is 17.4 Å². The van der Waals surface area contributed by atoms with Gasteiger partial charge in [-0.05, 0) is 36.5 Å². The SMILES string of the molecule is C.Cc1nc(CCc2cnn(Cc3ccccc3C#N)c2)nc2c1NC(=O)[C@H](C(C)C)N2C. The second kappa shape index (κ2) is 9.82. The summed E-state index contributed by atoms with van der Waals surface area (Å²) in [7, 11) is 1.92. The molecule has 172 valence electrons. The Bertz CT molecular complexity index is 1190. The molecule has 3 aromatic rings. The Kier molecular flexibility index (Phi) is 7.12. The number of benzene rings is 1. The molecule has 4 rings (SSSR count). The highest BCUT2D eigenvalue weighted by Gasteiger charge is 2.35. The van der Waals surface area contributed by atoms with Crippen LogP contribution in [0, 0.1) is 24.2 Å². The highest BCUT2D eigenvalue weighted by atomic mass is 16.2. The lowest BCUT2D eigenvalue weighted by molar-refractivity contribution is -0.118. The van der Waals surface area contributed by atoms with Crippen molar-refractivity contribution in [3.8, 4) is 6.07 Å².